The molecule has 188 valence electrons. The first-order valence-corrected chi connectivity index (χ1v) is 11.4. The van der Waals surface area contributed by atoms with Crippen molar-refractivity contribution in [3.8, 4) is 28.1 Å². The van der Waals surface area contributed by atoms with Gasteiger partial charge in [0.15, 0.2) is 6.10 Å². The van der Waals surface area contributed by atoms with E-state index in [9.17, 15) is 27.6 Å². The Balaban J connectivity index is 1.94. The number of aromatic amines is 1. The van der Waals surface area contributed by atoms with Crippen LogP contribution in [-0.2, 0) is 22.8 Å². The Kier molecular flexibility index (Phi) is 6.48. The monoisotopic (exact) mass is 519 g/mol. The number of rotatable bonds is 5. The molecule has 0 amide bonds. The van der Waals surface area contributed by atoms with Crippen LogP contribution in [0.2, 0.25) is 0 Å². The Morgan fingerprint density at radius 2 is 1.89 bits per heavy atom. The minimum absolute atomic E-state index is 0.0365. The van der Waals surface area contributed by atoms with E-state index < -0.39 is 40.8 Å². The normalized spacial score (nSPS) is 12.5. The summed E-state index contributed by atoms with van der Waals surface area (Å²) in [7, 11) is 2.18. The predicted octanol–water partition coefficient (Wildman–Crippen LogP) is 4.28. The molecule has 2 heterocycles. The molecule has 0 aliphatic heterocycles. The summed E-state index contributed by atoms with van der Waals surface area (Å²) in [6.45, 7) is 3.36. The Labute approximate surface area is 206 Å². The zero-order chi connectivity index (χ0) is 26.4. The van der Waals surface area contributed by atoms with E-state index in [0.29, 0.717) is 31.7 Å². The number of H-pyrrole nitrogens is 1. The van der Waals surface area contributed by atoms with Gasteiger partial charge in [-0.25, -0.2) is 9.59 Å². The van der Waals surface area contributed by atoms with Gasteiger partial charge in [0.05, 0.1) is 23.1 Å². The second-order valence-electron chi connectivity index (χ2n) is 8.06. The quantitative estimate of drug-likeness (QED) is 0.395. The Morgan fingerprint density at radius 3 is 2.56 bits per heavy atom. The molecule has 0 aliphatic carbocycles. The molecule has 0 saturated heterocycles. The number of ether oxygens (including phenoxy) is 2. The predicted molar refractivity (Wildman–Crippen MR) is 128 cm³/mol. The molecule has 0 spiro atoms. The molecular weight excluding hydrogens is 499 g/mol. The maximum Gasteiger partial charge on any atom is 0.432 e. The molecule has 1 unspecified atom stereocenters. The van der Waals surface area contributed by atoms with Crippen molar-refractivity contribution in [1.29, 1.82) is 0 Å². The van der Waals surface area contributed by atoms with Crippen LogP contribution in [0.15, 0.2) is 46.0 Å². The van der Waals surface area contributed by atoms with Gasteiger partial charge >= 0.3 is 17.8 Å². The SMILES string of the molecule is COC(=O)C(C)Oc1cc(C)ccc1-c1nsc2ccc(-c3c(C(F)(F)F)n(C)c(=O)[nH]c3=O)cc12. The largest absolute Gasteiger partial charge is 0.478 e. The van der Waals surface area contributed by atoms with Gasteiger partial charge in [0.2, 0.25) is 0 Å². The first kappa shape index (κ1) is 25.2. The zero-order valence-electron chi connectivity index (χ0n) is 19.5. The smallest absolute Gasteiger partial charge is 0.432 e. The summed E-state index contributed by atoms with van der Waals surface area (Å²) >= 11 is 1.11. The summed E-state index contributed by atoms with van der Waals surface area (Å²) in [5, 5.41) is 0.471. The van der Waals surface area contributed by atoms with Crippen LogP contribution in [0, 0.1) is 6.92 Å². The molecule has 2 aromatic heterocycles. The van der Waals surface area contributed by atoms with Crippen molar-refractivity contribution < 1.29 is 27.4 Å². The number of hydrogen-bond acceptors (Lipinski definition) is 7. The molecular formula is C24H20F3N3O5S. The summed E-state index contributed by atoms with van der Waals surface area (Å²) in [5.74, 6) is -0.247. The van der Waals surface area contributed by atoms with E-state index in [2.05, 4.69) is 4.37 Å². The van der Waals surface area contributed by atoms with Gasteiger partial charge in [-0.05, 0) is 60.8 Å². The molecule has 0 saturated carbocycles. The number of carbonyl (C=O) groups is 1. The fraction of sp³-hybridized carbons (Fsp3) is 0.250. The van der Waals surface area contributed by atoms with Gasteiger partial charge in [-0.1, -0.05) is 12.1 Å². The lowest BCUT2D eigenvalue weighted by atomic mass is 10.00. The van der Waals surface area contributed by atoms with Gasteiger partial charge in [0.25, 0.3) is 5.56 Å². The lowest BCUT2D eigenvalue weighted by molar-refractivity contribution is -0.148. The van der Waals surface area contributed by atoms with E-state index >= 15 is 0 Å². The van der Waals surface area contributed by atoms with Crippen molar-refractivity contribution in [2.75, 3.05) is 7.11 Å². The number of aromatic nitrogens is 3. The lowest BCUT2D eigenvalue weighted by Crippen LogP contribution is -2.35. The first-order chi connectivity index (χ1) is 16.9. The van der Waals surface area contributed by atoms with Crippen LogP contribution in [0.25, 0.3) is 32.5 Å². The molecule has 1 atom stereocenters. The van der Waals surface area contributed by atoms with Crippen LogP contribution in [-0.4, -0.2) is 33.1 Å². The minimum Gasteiger partial charge on any atom is -0.478 e. The molecule has 4 rings (SSSR count). The molecule has 1 N–H and O–H groups in total. The third kappa shape index (κ3) is 4.51. The van der Waals surface area contributed by atoms with Crippen LogP contribution >= 0.6 is 11.5 Å². The number of halogens is 3. The molecule has 0 bridgehead atoms. The summed E-state index contributed by atoms with van der Waals surface area (Å²) in [5.41, 5.74) is -2.64. The molecule has 0 aliphatic rings. The van der Waals surface area contributed by atoms with Crippen molar-refractivity contribution in [1.82, 2.24) is 13.9 Å². The third-order valence-corrected chi connectivity index (χ3v) is 6.41. The number of methoxy groups -OCH3 is 1. The van der Waals surface area contributed by atoms with E-state index in [1.54, 1.807) is 24.3 Å². The van der Waals surface area contributed by atoms with Gasteiger partial charge in [-0.3, -0.25) is 14.3 Å². The molecule has 0 radical (unpaired) electrons. The lowest BCUT2D eigenvalue weighted by Gasteiger charge is -2.16. The zero-order valence-corrected chi connectivity index (χ0v) is 20.3. The highest BCUT2D eigenvalue weighted by Crippen LogP contribution is 2.40. The second kappa shape index (κ2) is 9.26. The summed E-state index contributed by atoms with van der Waals surface area (Å²) in [4.78, 5) is 38.3. The number of nitrogens with one attached hydrogen (secondary N) is 1. The summed E-state index contributed by atoms with van der Waals surface area (Å²) in [6.07, 6.45) is -5.88. The van der Waals surface area contributed by atoms with Crippen molar-refractivity contribution in [3.63, 3.8) is 0 Å². The fourth-order valence-corrected chi connectivity index (χ4v) is 4.60. The average molecular weight is 520 g/mol. The van der Waals surface area contributed by atoms with Gasteiger partial charge in [-0.2, -0.15) is 17.5 Å². The van der Waals surface area contributed by atoms with Crippen LogP contribution in [0.5, 0.6) is 5.75 Å². The highest BCUT2D eigenvalue weighted by atomic mass is 32.1. The highest BCUT2D eigenvalue weighted by Gasteiger charge is 2.38. The number of carbonyl (C=O) groups excluding carboxylic acids is 1. The number of hydrogen-bond donors (Lipinski definition) is 1. The van der Waals surface area contributed by atoms with Crippen LogP contribution < -0.4 is 16.0 Å². The van der Waals surface area contributed by atoms with Crippen molar-refractivity contribution in [2.45, 2.75) is 26.1 Å². The highest BCUT2D eigenvalue weighted by molar-refractivity contribution is 7.13. The third-order valence-electron chi connectivity index (χ3n) is 5.58. The number of aryl methyl sites for hydroxylation is 1. The standard InChI is InChI=1S/C24H20F3N3O5S/c1-11-5-7-14(16(9-11)35-12(2)22(32)34-4)19-15-10-13(6-8-17(15)36-29-19)18-20(24(25,26)27)30(3)23(33)28-21(18)31/h5-10,12H,1-4H3,(H,28,31,33). The second-order valence-corrected chi connectivity index (χ2v) is 8.87. The summed E-state index contributed by atoms with van der Waals surface area (Å²) < 4.78 is 57.7. The Bertz CT molecular complexity index is 1600. The summed E-state index contributed by atoms with van der Waals surface area (Å²) in [6, 6.07) is 9.60. The molecule has 8 nitrogen and oxygen atoms in total. The molecule has 2 aromatic carbocycles. The van der Waals surface area contributed by atoms with Crippen LogP contribution in [0.3, 0.4) is 0 Å². The first-order valence-electron chi connectivity index (χ1n) is 10.6. The maximum atomic E-state index is 13.9. The van der Waals surface area contributed by atoms with Gasteiger partial charge in [0, 0.05) is 18.0 Å². The molecule has 4 aromatic rings. The Morgan fingerprint density at radius 1 is 1.17 bits per heavy atom. The van der Waals surface area contributed by atoms with Gasteiger partial charge < -0.3 is 9.47 Å². The van der Waals surface area contributed by atoms with E-state index in [1.807, 2.05) is 11.9 Å². The molecule has 12 heteroatoms. The van der Waals surface area contributed by atoms with E-state index in [1.165, 1.54) is 26.2 Å². The maximum absolute atomic E-state index is 13.9. The van der Waals surface area contributed by atoms with E-state index in [4.69, 9.17) is 9.47 Å². The number of benzene rings is 2. The van der Waals surface area contributed by atoms with E-state index in [-0.39, 0.29) is 5.56 Å². The van der Waals surface area contributed by atoms with Gasteiger partial charge in [-0.15, -0.1) is 0 Å². The Hall–Kier alpha value is -3.93. The van der Waals surface area contributed by atoms with Crippen molar-refractivity contribution in [2.24, 2.45) is 7.05 Å². The molecule has 0 fully saturated rings. The number of fused-ring (bicyclic) bond motifs is 1. The van der Waals surface area contributed by atoms with Crippen molar-refractivity contribution in [3.05, 3.63) is 68.5 Å². The van der Waals surface area contributed by atoms with Crippen LogP contribution in [0.1, 0.15) is 18.2 Å². The topological polar surface area (TPSA) is 103 Å². The number of alkyl halides is 3. The van der Waals surface area contributed by atoms with E-state index in [0.717, 1.165) is 24.1 Å². The van der Waals surface area contributed by atoms with Gasteiger partial charge in [0.1, 0.15) is 11.4 Å². The average Bonchev–Trinajstić information content (AvgIpc) is 3.23. The fourth-order valence-electron chi connectivity index (χ4n) is 3.84. The van der Waals surface area contributed by atoms with Crippen LogP contribution in [0.4, 0.5) is 13.2 Å². The number of nitrogens with zero attached hydrogens (tertiary/aromatic N) is 2. The van der Waals surface area contributed by atoms with Crippen molar-refractivity contribution >= 4 is 27.6 Å². The number of esters is 1. The molecule has 36 heavy (non-hydrogen) atoms. The minimum atomic E-state index is -4.95.